The van der Waals surface area contributed by atoms with Gasteiger partial charge in [0.2, 0.25) is 0 Å². The average Bonchev–Trinajstić information content (AvgIpc) is 1.97. The quantitative estimate of drug-likeness (QED) is 0.589. The van der Waals surface area contributed by atoms with Gasteiger partial charge in [-0.05, 0) is 12.3 Å². The smallest absolute Gasteiger partial charge is 0.434 e. The van der Waals surface area contributed by atoms with Gasteiger partial charge in [-0.15, -0.1) is 0 Å². The van der Waals surface area contributed by atoms with Gasteiger partial charge in [0, 0.05) is 0 Å². The molecule has 1 radical (unpaired) electrons. The maximum Gasteiger partial charge on any atom is 0.508 e. The van der Waals surface area contributed by atoms with Crippen LogP contribution in [-0.4, -0.2) is 19.4 Å². The van der Waals surface area contributed by atoms with Crippen LogP contribution >= 0.6 is 0 Å². The highest BCUT2D eigenvalue weighted by atomic mass is 16.7. The summed E-state index contributed by atoms with van der Waals surface area (Å²) in [6.45, 7) is 6.49. The van der Waals surface area contributed by atoms with Crippen LogP contribution in [0.15, 0.2) is 0 Å². The predicted octanol–water partition coefficient (Wildman–Crippen LogP) is 2.02. The minimum absolute atomic E-state index is 0.316. The van der Waals surface area contributed by atoms with E-state index in [-0.39, 0.29) is 0 Å². The first-order valence-corrected chi connectivity index (χ1v) is 3.74. The van der Waals surface area contributed by atoms with E-state index < -0.39 is 6.16 Å². The SMILES string of the molecule is C[CH]COC(=O)OCC(C)C. The lowest BCUT2D eigenvalue weighted by molar-refractivity contribution is 0.0529. The lowest BCUT2D eigenvalue weighted by Gasteiger charge is -2.06. The average molecular weight is 159 g/mol. The molecule has 0 aliphatic heterocycles. The van der Waals surface area contributed by atoms with Gasteiger partial charge in [0.05, 0.1) is 13.2 Å². The molecule has 11 heavy (non-hydrogen) atoms. The minimum atomic E-state index is -0.586. The van der Waals surface area contributed by atoms with Crippen LogP contribution in [0.3, 0.4) is 0 Å². The van der Waals surface area contributed by atoms with Crippen LogP contribution in [0.4, 0.5) is 4.79 Å². The molecule has 0 saturated heterocycles. The summed E-state index contributed by atoms with van der Waals surface area (Å²) >= 11 is 0. The third-order valence-corrected chi connectivity index (χ3v) is 0.902. The number of hydrogen-bond donors (Lipinski definition) is 0. The molecule has 0 aromatic heterocycles. The van der Waals surface area contributed by atoms with Crippen LogP contribution in [0.1, 0.15) is 20.8 Å². The van der Waals surface area contributed by atoms with Crippen molar-refractivity contribution >= 4 is 6.16 Å². The molecule has 0 aliphatic carbocycles. The molecule has 0 fully saturated rings. The Hall–Kier alpha value is -0.730. The standard InChI is InChI=1S/C8H15O3/c1-4-5-10-8(9)11-6-7(2)3/h4,7H,5-6H2,1-3H3. The lowest BCUT2D eigenvalue weighted by atomic mass is 10.2. The zero-order valence-electron chi connectivity index (χ0n) is 7.29. The number of carbonyl (C=O) groups excluding carboxylic acids is 1. The van der Waals surface area contributed by atoms with E-state index in [4.69, 9.17) is 4.74 Å². The highest BCUT2D eigenvalue weighted by Crippen LogP contribution is 1.94. The van der Waals surface area contributed by atoms with Crippen molar-refractivity contribution in [3.63, 3.8) is 0 Å². The van der Waals surface area contributed by atoms with E-state index >= 15 is 0 Å². The van der Waals surface area contributed by atoms with Gasteiger partial charge in [0.15, 0.2) is 0 Å². The highest BCUT2D eigenvalue weighted by Gasteiger charge is 2.03. The Bertz CT molecular complexity index is 110. The Labute approximate surface area is 67.7 Å². The van der Waals surface area contributed by atoms with Crippen LogP contribution < -0.4 is 0 Å². The van der Waals surface area contributed by atoms with Gasteiger partial charge in [-0.3, -0.25) is 0 Å². The second kappa shape index (κ2) is 6.01. The molecule has 0 spiro atoms. The van der Waals surface area contributed by atoms with Gasteiger partial charge in [0.25, 0.3) is 0 Å². The normalized spacial score (nSPS) is 9.82. The van der Waals surface area contributed by atoms with Crippen molar-refractivity contribution < 1.29 is 14.3 Å². The van der Waals surface area contributed by atoms with E-state index in [1.165, 1.54) is 0 Å². The first kappa shape index (κ1) is 10.3. The molecule has 0 heterocycles. The molecule has 0 unspecified atom stereocenters. The molecule has 0 atom stereocenters. The molecule has 0 aromatic carbocycles. The highest BCUT2D eigenvalue weighted by molar-refractivity contribution is 5.59. The Morgan fingerprint density at radius 2 is 2.09 bits per heavy atom. The van der Waals surface area contributed by atoms with E-state index in [2.05, 4.69) is 4.74 Å². The van der Waals surface area contributed by atoms with Crippen molar-refractivity contribution in [2.75, 3.05) is 13.2 Å². The first-order chi connectivity index (χ1) is 5.16. The monoisotopic (exact) mass is 159 g/mol. The molecular weight excluding hydrogens is 144 g/mol. The number of hydrogen-bond acceptors (Lipinski definition) is 3. The number of ether oxygens (including phenoxy) is 2. The second-order valence-electron chi connectivity index (χ2n) is 2.67. The van der Waals surface area contributed by atoms with E-state index in [9.17, 15) is 4.79 Å². The maximum atomic E-state index is 10.6. The molecule has 3 heteroatoms. The Morgan fingerprint density at radius 3 is 2.55 bits per heavy atom. The molecule has 0 bridgehead atoms. The summed E-state index contributed by atoms with van der Waals surface area (Å²) in [5.74, 6) is 0.355. The van der Waals surface area contributed by atoms with E-state index in [0.29, 0.717) is 19.1 Å². The maximum absolute atomic E-state index is 10.6. The molecule has 0 aliphatic rings. The summed E-state index contributed by atoms with van der Waals surface area (Å²) in [5.41, 5.74) is 0. The molecule has 0 aromatic rings. The van der Waals surface area contributed by atoms with Gasteiger partial charge < -0.3 is 9.47 Å². The molecule has 0 saturated carbocycles. The van der Waals surface area contributed by atoms with Crippen molar-refractivity contribution in [3.05, 3.63) is 6.42 Å². The molecule has 65 valence electrons. The summed E-state index contributed by atoms with van der Waals surface area (Å²) < 4.78 is 9.35. The number of rotatable bonds is 4. The zero-order valence-corrected chi connectivity index (χ0v) is 7.29. The van der Waals surface area contributed by atoms with Crippen LogP contribution in [0.25, 0.3) is 0 Å². The summed E-state index contributed by atoms with van der Waals surface area (Å²) in [6.07, 6.45) is 1.16. The lowest BCUT2D eigenvalue weighted by Crippen LogP contribution is -2.12. The van der Waals surface area contributed by atoms with E-state index in [0.717, 1.165) is 0 Å². The van der Waals surface area contributed by atoms with E-state index in [1.54, 1.807) is 6.42 Å². The minimum Gasteiger partial charge on any atom is -0.434 e. The molecule has 0 rings (SSSR count). The van der Waals surface area contributed by atoms with Crippen molar-refractivity contribution in [2.24, 2.45) is 5.92 Å². The van der Waals surface area contributed by atoms with Crippen molar-refractivity contribution in [1.29, 1.82) is 0 Å². The van der Waals surface area contributed by atoms with Crippen molar-refractivity contribution in [2.45, 2.75) is 20.8 Å². The fourth-order valence-corrected chi connectivity index (χ4v) is 0.428. The van der Waals surface area contributed by atoms with Crippen molar-refractivity contribution in [1.82, 2.24) is 0 Å². The molecule has 0 amide bonds. The topological polar surface area (TPSA) is 35.5 Å². The third kappa shape index (κ3) is 7.16. The molecule has 0 N–H and O–H groups in total. The van der Waals surface area contributed by atoms with Crippen LogP contribution in [0.5, 0.6) is 0 Å². The summed E-state index contributed by atoms with van der Waals surface area (Å²) in [7, 11) is 0. The first-order valence-electron chi connectivity index (χ1n) is 3.74. The zero-order chi connectivity index (χ0) is 8.69. The molecule has 3 nitrogen and oxygen atoms in total. The Kier molecular flexibility index (Phi) is 5.61. The largest absolute Gasteiger partial charge is 0.508 e. The predicted molar refractivity (Wildman–Crippen MR) is 42.1 cm³/mol. The number of carbonyl (C=O) groups is 1. The fourth-order valence-electron chi connectivity index (χ4n) is 0.428. The fraction of sp³-hybridized carbons (Fsp3) is 0.750. The van der Waals surface area contributed by atoms with Gasteiger partial charge in [-0.1, -0.05) is 20.8 Å². The van der Waals surface area contributed by atoms with Crippen molar-refractivity contribution in [3.8, 4) is 0 Å². The van der Waals surface area contributed by atoms with Gasteiger partial charge >= 0.3 is 6.16 Å². The summed E-state index contributed by atoms with van der Waals surface area (Å²) in [5, 5.41) is 0. The van der Waals surface area contributed by atoms with E-state index in [1.807, 2.05) is 20.8 Å². The summed E-state index contributed by atoms with van der Waals surface area (Å²) in [4.78, 5) is 10.6. The Balaban J connectivity index is 3.23. The van der Waals surface area contributed by atoms with Crippen LogP contribution in [-0.2, 0) is 9.47 Å². The van der Waals surface area contributed by atoms with Crippen LogP contribution in [0, 0.1) is 12.3 Å². The summed E-state index contributed by atoms with van der Waals surface area (Å²) in [6, 6.07) is 0. The Morgan fingerprint density at radius 1 is 1.45 bits per heavy atom. The van der Waals surface area contributed by atoms with Gasteiger partial charge in [-0.25, -0.2) is 4.79 Å². The van der Waals surface area contributed by atoms with Crippen LogP contribution in [0.2, 0.25) is 0 Å². The molecular formula is C8H15O3. The third-order valence-electron chi connectivity index (χ3n) is 0.902. The van der Waals surface area contributed by atoms with Gasteiger partial charge in [0.1, 0.15) is 0 Å². The van der Waals surface area contributed by atoms with Gasteiger partial charge in [-0.2, -0.15) is 0 Å². The second-order valence-corrected chi connectivity index (χ2v) is 2.67.